The number of rotatable bonds is 4. The summed E-state index contributed by atoms with van der Waals surface area (Å²) in [4.78, 5) is 14.5. The third kappa shape index (κ3) is 3.37. The molecule has 0 bridgehead atoms. The maximum atomic E-state index is 13.0. The van der Waals surface area contributed by atoms with E-state index >= 15 is 0 Å². The van der Waals surface area contributed by atoms with E-state index in [4.69, 9.17) is 5.10 Å². The highest BCUT2D eigenvalue weighted by molar-refractivity contribution is 5.78. The van der Waals surface area contributed by atoms with Crippen molar-refractivity contribution in [1.29, 1.82) is 0 Å². The molecule has 28 heavy (non-hydrogen) atoms. The molecule has 1 aromatic carbocycles. The van der Waals surface area contributed by atoms with E-state index in [1.165, 1.54) is 25.0 Å². The number of benzene rings is 1. The standard InChI is InChI=1S/C21H22FN5O/c22-17-5-1-14(2-6-17)13-20(28)26-11-9-16(10-12-26)21-24-23-19-8-7-18(15-3-4-15)25-27(19)21/h1-2,5-8,15-16H,3-4,9-13H2. The van der Waals surface area contributed by atoms with Gasteiger partial charge in [0.15, 0.2) is 11.5 Å². The maximum absolute atomic E-state index is 13.0. The third-order valence-electron chi connectivity index (χ3n) is 5.78. The lowest BCUT2D eigenvalue weighted by Gasteiger charge is -2.31. The topological polar surface area (TPSA) is 63.4 Å². The molecule has 1 aliphatic carbocycles. The molecule has 0 unspecified atom stereocenters. The Kier molecular flexibility index (Phi) is 4.30. The largest absolute Gasteiger partial charge is 0.342 e. The van der Waals surface area contributed by atoms with Gasteiger partial charge >= 0.3 is 0 Å². The highest BCUT2D eigenvalue weighted by Gasteiger charge is 2.29. The van der Waals surface area contributed by atoms with Gasteiger partial charge in [-0.25, -0.2) is 4.39 Å². The molecule has 1 saturated heterocycles. The Morgan fingerprint density at radius 3 is 2.43 bits per heavy atom. The van der Waals surface area contributed by atoms with E-state index < -0.39 is 0 Å². The van der Waals surface area contributed by atoms with Crippen LogP contribution >= 0.6 is 0 Å². The van der Waals surface area contributed by atoms with Crippen molar-refractivity contribution in [3.8, 4) is 0 Å². The van der Waals surface area contributed by atoms with E-state index in [1.54, 1.807) is 12.1 Å². The first-order valence-corrected chi connectivity index (χ1v) is 9.92. The Hall–Kier alpha value is -2.83. The molecule has 0 N–H and O–H groups in total. The van der Waals surface area contributed by atoms with Crippen LogP contribution in [0.4, 0.5) is 4.39 Å². The van der Waals surface area contributed by atoms with E-state index in [0.717, 1.165) is 35.6 Å². The molecule has 5 rings (SSSR count). The molecule has 1 saturated carbocycles. The highest BCUT2D eigenvalue weighted by atomic mass is 19.1. The minimum atomic E-state index is -0.281. The average Bonchev–Trinajstić information content (AvgIpc) is 3.49. The molecule has 2 aliphatic rings. The summed E-state index contributed by atoms with van der Waals surface area (Å²) in [5.41, 5.74) is 2.75. The summed E-state index contributed by atoms with van der Waals surface area (Å²) < 4.78 is 14.9. The number of carbonyl (C=O) groups excluding carboxylic acids is 1. The number of hydrogen-bond donors (Lipinski definition) is 0. The fourth-order valence-corrected chi connectivity index (χ4v) is 3.95. The number of fused-ring (bicyclic) bond motifs is 1. The molecule has 0 atom stereocenters. The Morgan fingerprint density at radius 1 is 0.964 bits per heavy atom. The van der Waals surface area contributed by atoms with Crippen LogP contribution in [0, 0.1) is 5.82 Å². The van der Waals surface area contributed by atoms with E-state index in [-0.39, 0.29) is 17.6 Å². The molecule has 2 aromatic heterocycles. The number of carbonyl (C=O) groups is 1. The van der Waals surface area contributed by atoms with Gasteiger partial charge in [0.05, 0.1) is 12.1 Å². The van der Waals surface area contributed by atoms with Crippen molar-refractivity contribution in [2.45, 2.75) is 43.9 Å². The van der Waals surface area contributed by atoms with Crippen LogP contribution in [0.3, 0.4) is 0 Å². The van der Waals surface area contributed by atoms with Gasteiger partial charge in [0.2, 0.25) is 5.91 Å². The Morgan fingerprint density at radius 2 is 1.71 bits per heavy atom. The van der Waals surface area contributed by atoms with Gasteiger partial charge in [0.1, 0.15) is 5.82 Å². The smallest absolute Gasteiger partial charge is 0.226 e. The minimum absolute atomic E-state index is 0.0882. The second-order valence-electron chi connectivity index (χ2n) is 7.82. The lowest BCUT2D eigenvalue weighted by molar-refractivity contribution is -0.131. The zero-order chi connectivity index (χ0) is 19.1. The second-order valence-corrected chi connectivity index (χ2v) is 7.82. The van der Waals surface area contributed by atoms with Crippen molar-refractivity contribution in [3.05, 3.63) is 59.3 Å². The van der Waals surface area contributed by atoms with Gasteiger partial charge < -0.3 is 4.90 Å². The minimum Gasteiger partial charge on any atom is -0.342 e. The second kappa shape index (κ2) is 6.96. The third-order valence-corrected chi connectivity index (χ3v) is 5.78. The van der Waals surface area contributed by atoms with Crippen molar-refractivity contribution in [1.82, 2.24) is 24.7 Å². The fraction of sp³-hybridized carbons (Fsp3) is 0.429. The van der Waals surface area contributed by atoms with Crippen molar-refractivity contribution in [3.63, 3.8) is 0 Å². The predicted octanol–water partition coefficient (Wildman–Crippen LogP) is 3.09. The number of hydrogen-bond acceptors (Lipinski definition) is 4. The number of halogens is 1. The first-order valence-electron chi connectivity index (χ1n) is 9.92. The molecule has 0 spiro atoms. The van der Waals surface area contributed by atoms with Crippen molar-refractivity contribution < 1.29 is 9.18 Å². The molecule has 144 valence electrons. The molecule has 7 heteroatoms. The molecular weight excluding hydrogens is 357 g/mol. The van der Waals surface area contributed by atoms with Crippen LogP contribution in [0.15, 0.2) is 36.4 Å². The number of amides is 1. The van der Waals surface area contributed by atoms with E-state index in [1.807, 2.05) is 15.5 Å². The monoisotopic (exact) mass is 379 g/mol. The van der Waals surface area contributed by atoms with E-state index in [2.05, 4.69) is 16.3 Å². The van der Waals surface area contributed by atoms with E-state index in [0.29, 0.717) is 25.4 Å². The summed E-state index contributed by atoms with van der Waals surface area (Å²) >= 11 is 0. The molecule has 1 aliphatic heterocycles. The molecule has 6 nitrogen and oxygen atoms in total. The lowest BCUT2D eigenvalue weighted by atomic mass is 9.95. The summed E-state index contributed by atoms with van der Waals surface area (Å²) in [6, 6.07) is 10.2. The van der Waals surface area contributed by atoms with Crippen LogP contribution in [0.25, 0.3) is 5.65 Å². The molecular formula is C21H22FN5O. The van der Waals surface area contributed by atoms with Gasteiger partial charge in [-0.1, -0.05) is 12.1 Å². The van der Waals surface area contributed by atoms with Gasteiger partial charge in [-0.3, -0.25) is 4.79 Å². The zero-order valence-electron chi connectivity index (χ0n) is 15.6. The number of piperidine rings is 1. The van der Waals surface area contributed by atoms with Gasteiger partial charge in [0, 0.05) is 24.9 Å². The Bertz CT molecular complexity index is 1000. The normalized spacial score (nSPS) is 18.0. The van der Waals surface area contributed by atoms with Crippen LogP contribution in [0.1, 0.15) is 54.6 Å². The van der Waals surface area contributed by atoms with Gasteiger partial charge in [-0.2, -0.15) is 9.61 Å². The molecule has 3 aromatic rings. The van der Waals surface area contributed by atoms with Crippen molar-refractivity contribution in [2.24, 2.45) is 0 Å². The summed E-state index contributed by atoms with van der Waals surface area (Å²) in [6.07, 6.45) is 4.44. The first-order chi connectivity index (χ1) is 13.7. The summed E-state index contributed by atoms with van der Waals surface area (Å²) in [5, 5.41) is 13.4. The number of likely N-dealkylation sites (tertiary alicyclic amines) is 1. The lowest BCUT2D eigenvalue weighted by Crippen LogP contribution is -2.39. The van der Waals surface area contributed by atoms with Crippen LogP contribution in [-0.4, -0.2) is 43.7 Å². The average molecular weight is 379 g/mol. The Balaban J connectivity index is 1.25. The van der Waals surface area contributed by atoms with Gasteiger partial charge in [0.25, 0.3) is 0 Å². The maximum Gasteiger partial charge on any atom is 0.226 e. The number of nitrogens with zero attached hydrogens (tertiary/aromatic N) is 5. The molecule has 1 amide bonds. The summed E-state index contributed by atoms with van der Waals surface area (Å²) in [6.45, 7) is 1.39. The summed E-state index contributed by atoms with van der Waals surface area (Å²) in [5.74, 6) is 1.56. The van der Waals surface area contributed by atoms with Crippen LogP contribution in [-0.2, 0) is 11.2 Å². The van der Waals surface area contributed by atoms with Crippen LogP contribution in [0.2, 0.25) is 0 Å². The Labute approximate surface area is 162 Å². The van der Waals surface area contributed by atoms with Gasteiger partial charge in [-0.05, 0) is 55.5 Å². The first kappa shape index (κ1) is 17.3. The molecule has 0 radical (unpaired) electrons. The van der Waals surface area contributed by atoms with Gasteiger partial charge in [-0.15, -0.1) is 10.2 Å². The van der Waals surface area contributed by atoms with Crippen molar-refractivity contribution in [2.75, 3.05) is 13.1 Å². The highest BCUT2D eigenvalue weighted by Crippen LogP contribution is 2.39. The SMILES string of the molecule is O=C(Cc1ccc(F)cc1)N1CCC(c2nnc3ccc(C4CC4)nn23)CC1. The number of aromatic nitrogens is 4. The predicted molar refractivity (Wildman–Crippen MR) is 101 cm³/mol. The zero-order valence-corrected chi connectivity index (χ0v) is 15.6. The van der Waals surface area contributed by atoms with Crippen LogP contribution in [0.5, 0.6) is 0 Å². The van der Waals surface area contributed by atoms with E-state index in [9.17, 15) is 9.18 Å². The molecule has 3 heterocycles. The summed E-state index contributed by atoms with van der Waals surface area (Å²) in [7, 11) is 0. The molecule has 2 fully saturated rings. The van der Waals surface area contributed by atoms with Crippen molar-refractivity contribution >= 4 is 11.6 Å². The quantitative estimate of drug-likeness (QED) is 0.699. The fourth-order valence-electron chi connectivity index (χ4n) is 3.95. The van der Waals surface area contributed by atoms with Crippen LogP contribution < -0.4 is 0 Å².